The summed E-state index contributed by atoms with van der Waals surface area (Å²) in [4.78, 5) is 24.0. The number of anilines is 1. The minimum Gasteiger partial charge on any atom is -0.393 e. The molecule has 1 aromatic carbocycles. The van der Waals surface area contributed by atoms with E-state index in [4.69, 9.17) is 5.73 Å². The smallest absolute Gasteiger partial charge is 0.292 e. The molecule has 1 rings (SSSR count). The Morgan fingerprint density at radius 2 is 2.21 bits per heavy atom. The molecule has 0 saturated heterocycles. The topological polar surface area (TPSA) is 102 Å². The summed E-state index contributed by atoms with van der Waals surface area (Å²) in [6, 6.07) is 4.03. The van der Waals surface area contributed by atoms with Crippen molar-refractivity contribution in [1.29, 1.82) is 0 Å². The molecule has 0 fully saturated rings. The van der Waals surface area contributed by atoms with E-state index >= 15 is 0 Å². The first kappa shape index (κ1) is 14.9. The molecule has 1 aromatic rings. The maximum atomic E-state index is 11.8. The Balaban J connectivity index is 2.67. The lowest BCUT2D eigenvalue weighted by Gasteiger charge is -2.13. The Labute approximate surface area is 111 Å². The van der Waals surface area contributed by atoms with Gasteiger partial charge in [-0.3, -0.25) is 14.9 Å². The van der Waals surface area contributed by atoms with Crippen LogP contribution in [-0.2, 0) is 0 Å². The second-order valence-corrected chi connectivity index (χ2v) is 4.18. The number of nitrogens with zero attached hydrogens (tertiary/aromatic N) is 2. The molecule has 0 aliphatic carbocycles. The summed E-state index contributed by atoms with van der Waals surface area (Å²) in [5.41, 5.74) is 5.50. The van der Waals surface area contributed by atoms with Gasteiger partial charge in [0.25, 0.3) is 11.6 Å². The van der Waals surface area contributed by atoms with E-state index in [9.17, 15) is 14.9 Å². The van der Waals surface area contributed by atoms with Gasteiger partial charge in [-0.25, -0.2) is 0 Å². The molecule has 19 heavy (non-hydrogen) atoms. The number of nitro benzene ring substituents is 1. The summed E-state index contributed by atoms with van der Waals surface area (Å²) in [6.07, 6.45) is 0. The van der Waals surface area contributed by atoms with Gasteiger partial charge in [-0.05, 0) is 25.7 Å². The lowest BCUT2D eigenvalue weighted by Crippen LogP contribution is -2.32. The first-order valence-corrected chi connectivity index (χ1v) is 5.96. The van der Waals surface area contributed by atoms with Gasteiger partial charge in [0.05, 0.1) is 4.92 Å². The Morgan fingerprint density at radius 3 is 2.79 bits per heavy atom. The number of nitrogens with one attached hydrogen (secondary N) is 1. The largest absolute Gasteiger partial charge is 0.393 e. The summed E-state index contributed by atoms with van der Waals surface area (Å²) in [5, 5.41) is 13.4. The van der Waals surface area contributed by atoms with E-state index in [1.54, 1.807) is 0 Å². The summed E-state index contributed by atoms with van der Waals surface area (Å²) in [7, 11) is 1.94. The molecule has 0 aromatic heterocycles. The first-order chi connectivity index (χ1) is 8.95. The second kappa shape index (κ2) is 6.69. The minimum absolute atomic E-state index is 0.0484. The molecule has 0 unspecified atom stereocenters. The third kappa shape index (κ3) is 4.22. The highest BCUT2D eigenvalue weighted by molar-refractivity contribution is 5.95. The van der Waals surface area contributed by atoms with E-state index in [1.165, 1.54) is 18.2 Å². The predicted molar refractivity (Wildman–Crippen MR) is 73.0 cm³/mol. The summed E-state index contributed by atoms with van der Waals surface area (Å²) < 4.78 is 0. The quantitative estimate of drug-likeness (QED) is 0.451. The van der Waals surface area contributed by atoms with Gasteiger partial charge in [0.1, 0.15) is 5.69 Å². The molecule has 0 heterocycles. The number of nitrogen functional groups attached to an aromatic ring is 1. The number of carbonyl (C=O) groups excluding carboxylic acids is 1. The Hall–Kier alpha value is -2.15. The normalized spacial score (nSPS) is 10.5. The standard InChI is InChI=1S/C12H18N4O3/c1-3-15(2)7-6-14-12(17)9-4-5-10(13)11(8-9)16(18)19/h4-5,8H,3,6-7,13H2,1-2H3,(H,14,17). The van der Waals surface area contributed by atoms with Gasteiger partial charge in [-0.15, -0.1) is 0 Å². The molecule has 7 heteroatoms. The van der Waals surface area contributed by atoms with Crippen molar-refractivity contribution in [3.8, 4) is 0 Å². The summed E-state index contributed by atoms with van der Waals surface area (Å²) in [5.74, 6) is -0.340. The molecule has 7 nitrogen and oxygen atoms in total. The van der Waals surface area contributed by atoms with Gasteiger partial charge >= 0.3 is 0 Å². The molecular weight excluding hydrogens is 248 g/mol. The maximum Gasteiger partial charge on any atom is 0.292 e. The molecule has 0 bridgehead atoms. The number of rotatable bonds is 6. The van der Waals surface area contributed by atoms with E-state index in [2.05, 4.69) is 5.32 Å². The molecule has 0 atom stereocenters. The molecule has 0 aliphatic rings. The molecular formula is C12H18N4O3. The average Bonchev–Trinajstić information content (AvgIpc) is 2.38. The van der Waals surface area contributed by atoms with Crippen molar-refractivity contribution in [1.82, 2.24) is 10.2 Å². The third-order valence-electron chi connectivity index (χ3n) is 2.81. The lowest BCUT2D eigenvalue weighted by molar-refractivity contribution is -0.383. The van der Waals surface area contributed by atoms with Gasteiger partial charge in [0.2, 0.25) is 0 Å². The SMILES string of the molecule is CCN(C)CCNC(=O)c1ccc(N)c([N+](=O)[O-])c1. The number of nitrogens with two attached hydrogens (primary N) is 1. The van der Waals surface area contributed by atoms with E-state index in [1.807, 2.05) is 18.9 Å². The van der Waals surface area contributed by atoms with Crippen LogP contribution >= 0.6 is 0 Å². The Kier molecular flexibility index (Phi) is 5.25. The third-order valence-corrected chi connectivity index (χ3v) is 2.81. The van der Waals surface area contributed by atoms with Crippen molar-refractivity contribution in [2.24, 2.45) is 0 Å². The fourth-order valence-electron chi connectivity index (χ4n) is 1.46. The summed E-state index contributed by atoms with van der Waals surface area (Å²) >= 11 is 0. The zero-order valence-corrected chi connectivity index (χ0v) is 11.0. The predicted octanol–water partition coefficient (Wildman–Crippen LogP) is 0.859. The van der Waals surface area contributed by atoms with Crippen LogP contribution in [0, 0.1) is 10.1 Å². The molecule has 104 valence electrons. The van der Waals surface area contributed by atoms with Gasteiger partial charge in [0, 0.05) is 24.7 Å². The monoisotopic (exact) mass is 266 g/mol. The van der Waals surface area contributed by atoms with Crippen molar-refractivity contribution in [3.63, 3.8) is 0 Å². The Morgan fingerprint density at radius 1 is 1.53 bits per heavy atom. The van der Waals surface area contributed by atoms with Crippen LogP contribution in [0.2, 0.25) is 0 Å². The van der Waals surface area contributed by atoms with Crippen LogP contribution in [0.4, 0.5) is 11.4 Å². The van der Waals surface area contributed by atoms with Crippen molar-refractivity contribution in [3.05, 3.63) is 33.9 Å². The molecule has 0 radical (unpaired) electrons. The van der Waals surface area contributed by atoms with Crippen LogP contribution in [0.15, 0.2) is 18.2 Å². The highest BCUT2D eigenvalue weighted by atomic mass is 16.6. The van der Waals surface area contributed by atoms with E-state index in [0.29, 0.717) is 6.54 Å². The van der Waals surface area contributed by atoms with Crippen molar-refractivity contribution >= 4 is 17.3 Å². The fourth-order valence-corrected chi connectivity index (χ4v) is 1.46. The van der Waals surface area contributed by atoms with Crippen molar-refractivity contribution < 1.29 is 9.72 Å². The molecule has 0 aliphatic heterocycles. The van der Waals surface area contributed by atoms with E-state index in [0.717, 1.165) is 13.1 Å². The van der Waals surface area contributed by atoms with Gasteiger partial charge in [-0.1, -0.05) is 6.92 Å². The van der Waals surface area contributed by atoms with Crippen LogP contribution in [-0.4, -0.2) is 42.4 Å². The fraction of sp³-hybridized carbons (Fsp3) is 0.417. The van der Waals surface area contributed by atoms with Crippen LogP contribution in [0.3, 0.4) is 0 Å². The number of benzene rings is 1. The maximum absolute atomic E-state index is 11.8. The molecule has 0 saturated carbocycles. The molecule has 0 spiro atoms. The van der Waals surface area contributed by atoms with Crippen LogP contribution in [0.25, 0.3) is 0 Å². The van der Waals surface area contributed by atoms with Crippen molar-refractivity contribution in [2.45, 2.75) is 6.92 Å². The van der Waals surface area contributed by atoms with Gasteiger partial charge in [-0.2, -0.15) is 0 Å². The summed E-state index contributed by atoms with van der Waals surface area (Å²) in [6.45, 7) is 4.12. The van der Waals surface area contributed by atoms with E-state index in [-0.39, 0.29) is 22.8 Å². The zero-order chi connectivity index (χ0) is 14.4. The highest BCUT2D eigenvalue weighted by Crippen LogP contribution is 2.22. The highest BCUT2D eigenvalue weighted by Gasteiger charge is 2.15. The first-order valence-electron chi connectivity index (χ1n) is 5.96. The van der Waals surface area contributed by atoms with Crippen LogP contribution < -0.4 is 11.1 Å². The number of amides is 1. The average molecular weight is 266 g/mol. The lowest BCUT2D eigenvalue weighted by atomic mass is 10.1. The number of hydrogen-bond acceptors (Lipinski definition) is 5. The van der Waals surface area contributed by atoms with Gasteiger partial charge in [0.15, 0.2) is 0 Å². The number of nitro groups is 1. The van der Waals surface area contributed by atoms with Gasteiger partial charge < -0.3 is 16.0 Å². The second-order valence-electron chi connectivity index (χ2n) is 4.18. The van der Waals surface area contributed by atoms with Crippen molar-refractivity contribution in [2.75, 3.05) is 32.4 Å². The number of likely N-dealkylation sites (N-methyl/N-ethyl adjacent to an activating group) is 1. The zero-order valence-electron chi connectivity index (χ0n) is 11.0. The minimum atomic E-state index is -0.600. The number of carbonyl (C=O) groups is 1. The van der Waals surface area contributed by atoms with Crippen LogP contribution in [0.5, 0.6) is 0 Å². The Bertz CT molecular complexity index is 476. The van der Waals surface area contributed by atoms with Crippen LogP contribution in [0.1, 0.15) is 17.3 Å². The molecule has 1 amide bonds. The molecule has 3 N–H and O–H groups in total. The van der Waals surface area contributed by atoms with E-state index < -0.39 is 4.92 Å². The number of hydrogen-bond donors (Lipinski definition) is 2.